The van der Waals surface area contributed by atoms with Gasteiger partial charge in [-0.05, 0) is 41.5 Å². The lowest BCUT2D eigenvalue weighted by atomic mass is 9.99. The second-order valence-electron chi connectivity index (χ2n) is 5.11. The summed E-state index contributed by atoms with van der Waals surface area (Å²) in [6, 6.07) is 20.1. The molecule has 2 aromatic carbocycles. The summed E-state index contributed by atoms with van der Waals surface area (Å²) in [7, 11) is 0. The van der Waals surface area contributed by atoms with Crippen molar-refractivity contribution in [3.05, 3.63) is 101 Å². The molecule has 1 atom stereocenters. The fraction of sp³-hybridized carbons (Fsp3) is 0.0526. The summed E-state index contributed by atoms with van der Waals surface area (Å²) in [5, 5.41) is 3.72. The van der Waals surface area contributed by atoms with Crippen LogP contribution in [0.1, 0.15) is 27.5 Å². The van der Waals surface area contributed by atoms with Crippen molar-refractivity contribution in [1.29, 1.82) is 0 Å². The third kappa shape index (κ3) is 3.76. The summed E-state index contributed by atoms with van der Waals surface area (Å²) in [5.41, 5.74) is 2.49. The van der Waals surface area contributed by atoms with Crippen LogP contribution in [-0.2, 0) is 0 Å². The molecule has 1 N–H and O–H groups in total. The van der Waals surface area contributed by atoms with Gasteiger partial charge in [-0.15, -0.1) is 0 Å². The van der Waals surface area contributed by atoms with Gasteiger partial charge in [0.05, 0.1) is 6.04 Å². The number of hydrogen-bond acceptors (Lipinski definition) is 2. The molecule has 0 bridgehead atoms. The van der Waals surface area contributed by atoms with E-state index in [-0.39, 0.29) is 11.9 Å². The molecular formula is C19H15ClN2O. The van der Waals surface area contributed by atoms with Gasteiger partial charge in [0.2, 0.25) is 0 Å². The molecule has 0 fully saturated rings. The van der Waals surface area contributed by atoms with Gasteiger partial charge >= 0.3 is 0 Å². The van der Waals surface area contributed by atoms with E-state index in [1.54, 1.807) is 24.5 Å². The zero-order valence-corrected chi connectivity index (χ0v) is 13.1. The lowest BCUT2D eigenvalue weighted by Crippen LogP contribution is -2.29. The van der Waals surface area contributed by atoms with Crippen LogP contribution in [0.2, 0.25) is 5.02 Å². The Morgan fingerprint density at radius 2 is 1.65 bits per heavy atom. The first-order valence-corrected chi connectivity index (χ1v) is 7.63. The first kappa shape index (κ1) is 15.3. The van der Waals surface area contributed by atoms with Gasteiger partial charge in [0.25, 0.3) is 5.91 Å². The zero-order valence-electron chi connectivity index (χ0n) is 12.3. The van der Waals surface area contributed by atoms with Crippen LogP contribution in [0.3, 0.4) is 0 Å². The summed E-state index contributed by atoms with van der Waals surface area (Å²) in [5.74, 6) is -0.130. The van der Waals surface area contributed by atoms with Gasteiger partial charge in [0, 0.05) is 23.0 Å². The molecule has 1 heterocycles. The minimum atomic E-state index is -0.284. The van der Waals surface area contributed by atoms with E-state index in [9.17, 15) is 4.79 Å². The molecule has 3 nitrogen and oxygen atoms in total. The highest BCUT2D eigenvalue weighted by Gasteiger charge is 2.17. The summed E-state index contributed by atoms with van der Waals surface area (Å²) in [6.07, 6.45) is 3.46. The number of aromatic nitrogens is 1. The fourth-order valence-corrected chi connectivity index (χ4v) is 2.49. The molecule has 0 aliphatic carbocycles. The van der Waals surface area contributed by atoms with Gasteiger partial charge in [-0.1, -0.05) is 48.0 Å². The molecule has 3 aromatic rings. The van der Waals surface area contributed by atoms with Crippen LogP contribution in [0.15, 0.2) is 79.1 Å². The van der Waals surface area contributed by atoms with Crippen LogP contribution in [-0.4, -0.2) is 10.9 Å². The largest absolute Gasteiger partial charge is 0.341 e. The SMILES string of the molecule is O=C(N[C@@H](c1ccc(Cl)cc1)c1cccnc1)c1ccccc1. The third-order valence-corrected chi connectivity index (χ3v) is 3.78. The van der Waals surface area contributed by atoms with Crippen molar-refractivity contribution in [2.45, 2.75) is 6.04 Å². The fourth-order valence-electron chi connectivity index (χ4n) is 2.37. The van der Waals surface area contributed by atoms with Crippen molar-refractivity contribution in [2.75, 3.05) is 0 Å². The van der Waals surface area contributed by atoms with Crippen LogP contribution in [0.25, 0.3) is 0 Å². The molecule has 3 rings (SSSR count). The second-order valence-corrected chi connectivity index (χ2v) is 5.55. The van der Waals surface area contributed by atoms with Crippen molar-refractivity contribution in [2.24, 2.45) is 0 Å². The summed E-state index contributed by atoms with van der Waals surface area (Å²) in [4.78, 5) is 16.7. The number of carbonyl (C=O) groups is 1. The Kier molecular flexibility index (Phi) is 4.69. The van der Waals surface area contributed by atoms with E-state index in [4.69, 9.17) is 11.6 Å². The number of nitrogens with zero attached hydrogens (tertiary/aromatic N) is 1. The monoisotopic (exact) mass is 322 g/mol. The van der Waals surface area contributed by atoms with Crippen molar-refractivity contribution in [3.8, 4) is 0 Å². The molecule has 0 aliphatic heterocycles. The van der Waals surface area contributed by atoms with Crippen LogP contribution >= 0.6 is 11.6 Å². The van der Waals surface area contributed by atoms with E-state index in [1.807, 2.05) is 54.6 Å². The van der Waals surface area contributed by atoms with Crippen molar-refractivity contribution < 1.29 is 4.79 Å². The summed E-state index contributed by atoms with van der Waals surface area (Å²) in [6.45, 7) is 0. The maximum absolute atomic E-state index is 12.5. The Bertz CT molecular complexity index is 773. The summed E-state index contributed by atoms with van der Waals surface area (Å²) < 4.78 is 0. The Morgan fingerprint density at radius 3 is 2.30 bits per heavy atom. The summed E-state index contributed by atoms with van der Waals surface area (Å²) >= 11 is 5.96. The Hall–Kier alpha value is -2.65. The highest BCUT2D eigenvalue weighted by atomic mass is 35.5. The molecule has 1 aromatic heterocycles. The molecule has 0 spiro atoms. The number of hydrogen-bond donors (Lipinski definition) is 1. The van der Waals surface area contributed by atoms with Gasteiger partial charge in [0.15, 0.2) is 0 Å². The van der Waals surface area contributed by atoms with E-state index in [1.165, 1.54) is 0 Å². The molecule has 0 radical (unpaired) electrons. The van der Waals surface area contributed by atoms with E-state index in [2.05, 4.69) is 10.3 Å². The van der Waals surface area contributed by atoms with Crippen LogP contribution in [0.4, 0.5) is 0 Å². The number of benzene rings is 2. The molecule has 0 aliphatic rings. The number of pyridine rings is 1. The van der Waals surface area contributed by atoms with Gasteiger partial charge in [-0.25, -0.2) is 0 Å². The minimum Gasteiger partial charge on any atom is -0.341 e. The molecule has 0 unspecified atom stereocenters. The lowest BCUT2D eigenvalue weighted by molar-refractivity contribution is 0.0943. The number of amides is 1. The zero-order chi connectivity index (χ0) is 16.1. The van der Waals surface area contributed by atoms with Crippen molar-refractivity contribution >= 4 is 17.5 Å². The highest BCUT2D eigenvalue weighted by Crippen LogP contribution is 2.23. The topological polar surface area (TPSA) is 42.0 Å². The average Bonchev–Trinajstić information content (AvgIpc) is 2.62. The van der Waals surface area contributed by atoms with Crippen molar-refractivity contribution in [3.63, 3.8) is 0 Å². The standard InChI is InChI=1S/C19H15ClN2O/c20-17-10-8-14(9-11-17)18(16-7-4-12-21-13-16)22-19(23)15-5-2-1-3-6-15/h1-13,18H,(H,22,23)/t18-/m0/s1. The number of rotatable bonds is 4. The lowest BCUT2D eigenvalue weighted by Gasteiger charge is -2.19. The number of carbonyl (C=O) groups excluding carboxylic acids is 1. The van der Waals surface area contributed by atoms with Gasteiger partial charge in [0.1, 0.15) is 0 Å². The Labute approximate surface area is 140 Å². The molecule has 0 saturated heterocycles. The molecule has 1 amide bonds. The van der Waals surface area contributed by atoms with E-state index >= 15 is 0 Å². The normalized spacial score (nSPS) is 11.7. The maximum atomic E-state index is 12.5. The van der Waals surface area contributed by atoms with Crippen LogP contribution in [0.5, 0.6) is 0 Å². The number of nitrogens with one attached hydrogen (secondary N) is 1. The molecule has 0 saturated carbocycles. The van der Waals surface area contributed by atoms with Gasteiger partial charge in [-0.2, -0.15) is 0 Å². The van der Waals surface area contributed by atoms with Crippen LogP contribution in [0, 0.1) is 0 Å². The Balaban J connectivity index is 1.93. The van der Waals surface area contributed by atoms with E-state index < -0.39 is 0 Å². The third-order valence-electron chi connectivity index (χ3n) is 3.53. The first-order chi connectivity index (χ1) is 11.2. The second kappa shape index (κ2) is 7.07. The molecule has 114 valence electrons. The number of halogens is 1. The smallest absolute Gasteiger partial charge is 0.252 e. The average molecular weight is 323 g/mol. The molecular weight excluding hydrogens is 308 g/mol. The van der Waals surface area contributed by atoms with Crippen molar-refractivity contribution in [1.82, 2.24) is 10.3 Å². The van der Waals surface area contributed by atoms with Gasteiger partial charge in [-0.3, -0.25) is 9.78 Å². The maximum Gasteiger partial charge on any atom is 0.252 e. The van der Waals surface area contributed by atoms with E-state index in [0.29, 0.717) is 10.6 Å². The quantitative estimate of drug-likeness (QED) is 0.780. The molecule has 23 heavy (non-hydrogen) atoms. The first-order valence-electron chi connectivity index (χ1n) is 7.25. The van der Waals surface area contributed by atoms with E-state index in [0.717, 1.165) is 11.1 Å². The predicted molar refractivity (Wildman–Crippen MR) is 91.4 cm³/mol. The molecule has 4 heteroatoms. The Morgan fingerprint density at radius 1 is 0.913 bits per heavy atom. The highest BCUT2D eigenvalue weighted by molar-refractivity contribution is 6.30. The van der Waals surface area contributed by atoms with Gasteiger partial charge < -0.3 is 5.32 Å². The minimum absolute atomic E-state index is 0.130. The predicted octanol–water partition coefficient (Wildman–Crippen LogP) is 4.25. The van der Waals surface area contributed by atoms with Crippen LogP contribution < -0.4 is 5.32 Å².